The van der Waals surface area contributed by atoms with Gasteiger partial charge in [0.15, 0.2) is 0 Å². The van der Waals surface area contributed by atoms with Gasteiger partial charge >= 0.3 is 0 Å². The SMILES string of the molecule is Cc1cccnc1CN(CCCCN)Cc1ncccc1-c1cccc([N+](=O)[O-])c1. The summed E-state index contributed by atoms with van der Waals surface area (Å²) >= 11 is 0. The van der Waals surface area contributed by atoms with Crippen LogP contribution in [0.5, 0.6) is 0 Å². The van der Waals surface area contributed by atoms with Crippen molar-refractivity contribution < 1.29 is 4.92 Å². The predicted molar refractivity (Wildman–Crippen MR) is 118 cm³/mol. The first-order valence-electron chi connectivity index (χ1n) is 10.1. The highest BCUT2D eigenvalue weighted by Crippen LogP contribution is 2.27. The summed E-state index contributed by atoms with van der Waals surface area (Å²) in [6, 6.07) is 14.5. The summed E-state index contributed by atoms with van der Waals surface area (Å²) < 4.78 is 0. The van der Waals surface area contributed by atoms with Crippen LogP contribution in [0.25, 0.3) is 11.1 Å². The number of benzene rings is 1. The lowest BCUT2D eigenvalue weighted by molar-refractivity contribution is -0.384. The Bertz CT molecular complexity index is 993. The fraction of sp³-hybridized carbons (Fsp3) is 0.304. The summed E-state index contributed by atoms with van der Waals surface area (Å²) in [5.74, 6) is 0. The number of hydrogen-bond donors (Lipinski definition) is 1. The molecular weight excluding hydrogens is 378 g/mol. The number of nitrogens with two attached hydrogens (primary N) is 1. The Kier molecular flexibility index (Phi) is 7.59. The summed E-state index contributed by atoms with van der Waals surface area (Å²) in [7, 11) is 0. The van der Waals surface area contributed by atoms with E-state index in [-0.39, 0.29) is 10.6 Å². The van der Waals surface area contributed by atoms with Crippen molar-refractivity contribution >= 4 is 5.69 Å². The zero-order chi connectivity index (χ0) is 21.3. The van der Waals surface area contributed by atoms with E-state index in [4.69, 9.17) is 5.73 Å². The van der Waals surface area contributed by atoms with E-state index in [0.717, 1.165) is 47.5 Å². The first kappa shape index (κ1) is 21.5. The maximum absolute atomic E-state index is 11.2. The lowest BCUT2D eigenvalue weighted by atomic mass is 10.0. The molecule has 0 bridgehead atoms. The van der Waals surface area contributed by atoms with E-state index in [2.05, 4.69) is 27.9 Å². The maximum Gasteiger partial charge on any atom is 0.270 e. The average molecular weight is 406 g/mol. The van der Waals surface area contributed by atoms with E-state index in [1.54, 1.807) is 18.3 Å². The second-order valence-electron chi connectivity index (χ2n) is 7.28. The van der Waals surface area contributed by atoms with Gasteiger partial charge in [-0.05, 0) is 56.1 Å². The van der Waals surface area contributed by atoms with Crippen molar-refractivity contribution in [2.24, 2.45) is 5.73 Å². The van der Waals surface area contributed by atoms with E-state index in [1.165, 1.54) is 6.07 Å². The highest BCUT2D eigenvalue weighted by Gasteiger charge is 2.15. The number of nitrogens with zero attached hydrogens (tertiary/aromatic N) is 4. The van der Waals surface area contributed by atoms with Crippen molar-refractivity contribution in [3.63, 3.8) is 0 Å². The topological polar surface area (TPSA) is 98.2 Å². The number of aryl methyl sites for hydroxylation is 1. The summed E-state index contributed by atoms with van der Waals surface area (Å²) in [5.41, 5.74) is 10.5. The first-order chi connectivity index (χ1) is 14.6. The molecule has 2 N–H and O–H groups in total. The molecule has 0 amide bonds. The van der Waals surface area contributed by atoms with Crippen LogP contribution in [0.15, 0.2) is 60.9 Å². The largest absolute Gasteiger partial charge is 0.330 e. The highest BCUT2D eigenvalue weighted by molar-refractivity contribution is 5.68. The van der Waals surface area contributed by atoms with Crippen LogP contribution in [0.2, 0.25) is 0 Å². The zero-order valence-electron chi connectivity index (χ0n) is 17.2. The number of rotatable bonds is 10. The Morgan fingerprint density at radius 3 is 2.47 bits per heavy atom. The number of non-ortho nitro benzene ring substituents is 1. The summed E-state index contributed by atoms with van der Waals surface area (Å²) in [6.45, 7) is 4.94. The molecule has 2 aromatic heterocycles. The van der Waals surface area contributed by atoms with Crippen molar-refractivity contribution in [3.05, 3.63) is 88.0 Å². The quantitative estimate of drug-likeness (QED) is 0.310. The zero-order valence-corrected chi connectivity index (χ0v) is 17.2. The molecular formula is C23H27N5O2. The van der Waals surface area contributed by atoms with E-state index in [9.17, 15) is 10.1 Å². The van der Waals surface area contributed by atoms with Crippen LogP contribution in [0, 0.1) is 17.0 Å². The van der Waals surface area contributed by atoms with Crippen LogP contribution in [-0.4, -0.2) is 32.9 Å². The molecule has 0 fully saturated rings. The van der Waals surface area contributed by atoms with Crippen LogP contribution in [0.3, 0.4) is 0 Å². The van der Waals surface area contributed by atoms with E-state index < -0.39 is 0 Å². The minimum Gasteiger partial charge on any atom is -0.330 e. The Balaban J connectivity index is 1.88. The van der Waals surface area contributed by atoms with Gasteiger partial charge in [-0.1, -0.05) is 24.3 Å². The van der Waals surface area contributed by atoms with Gasteiger partial charge in [0.2, 0.25) is 0 Å². The highest BCUT2D eigenvalue weighted by atomic mass is 16.6. The molecule has 1 aromatic carbocycles. The average Bonchev–Trinajstić information content (AvgIpc) is 2.76. The number of unbranched alkanes of at least 4 members (excludes halogenated alkanes) is 1. The van der Waals surface area contributed by atoms with Crippen LogP contribution < -0.4 is 5.73 Å². The van der Waals surface area contributed by atoms with Crippen molar-refractivity contribution in [1.82, 2.24) is 14.9 Å². The minimum atomic E-state index is -0.373. The second kappa shape index (κ2) is 10.6. The van der Waals surface area contributed by atoms with Gasteiger partial charge in [0.1, 0.15) is 0 Å². The number of nitro benzene ring substituents is 1. The molecule has 0 saturated heterocycles. The van der Waals surface area contributed by atoms with E-state index in [1.807, 2.05) is 30.5 Å². The Morgan fingerprint density at radius 1 is 1.00 bits per heavy atom. The summed E-state index contributed by atoms with van der Waals surface area (Å²) in [5, 5.41) is 11.2. The van der Waals surface area contributed by atoms with E-state index in [0.29, 0.717) is 19.6 Å². The second-order valence-corrected chi connectivity index (χ2v) is 7.28. The molecule has 0 aliphatic carbocycles. The number of hydrogen-bond acceptors (Lipinski definition) is 6. The minimum absolute atomic E-state index is 0.0752. The fourth-order valence-electron chi connectivity index (χ4n) is 3.42. The van der Waals surface area contributed by atoms with Crippen molar-refractivity contribution in [2.45, 2.75) is 32.9 Å². The molecule has 0 saturated carbocycles. The van der Waals surface area contributed by atoms with Crippen LogP contribution in [-0.2, 0) is 13.1 Å². The summed E-state index contributed by atoms with van der Waals surface area (Å²) in [6.07, 6.45) is 5.52. The molecule has 2 heterocycles. The molecule has 156 valence electrons. The summed E-state index contributed by atoms with van der Waals surface area (Å²) in [4.78, 5) is 22.3. The molecule has 0 radical (unpaired) electrons. The molecule has 0 aliphatic rings. The molecule has 0 aliphatic heterocycles. The van der Waals surface area contributed by atoms with Crippen LogP contribution in [0.1, 0.15) is 29.8 Å². The lowest BCUT2D eigenvalue weighted by Gasteiger charge is -2.23. The van der Waals surface area contributed by atoms with Crippen LogP contribution in [0.4, 0.5) is 5.69 Å². The van der Waals surface area contributed by atoms with Gasteiger partial charge in [0, 0.05) is 43.2 Å². The Hall–Kier alpha value is -3.16. The van der Waals surface area contributed by atoms with Gasteiger partial charge < -0.3 is 5.73 Å². The predicted octanol–water partition coefficient (Wildman–Crippen LogP) is 4.10. The van der Waals surface area contributed by atoms with Crippen LogP contribution >= 0.6 is 0 Å². The van der Waals surface area contributed by atoms with E-state index >= 15 is 0 Å². The number of aromatic nitrogens is 2. The van der Waals surface area contributed by atoms with Gasteiger partial charge in [-0.3, -0.25) is 25.0 Å². The van der Waals surface area contributed by atoms with Gasteiger partial charge in [-0.2, -0.15) is 0 Å². The monoisotopic (exact) mass is 405 g/mol. The molecule has 7 nitrogen and oxygen atoms in total. The molecule has 0 unspecified atom stereocenters. The molecule has 3 rings (SSSR count). The number of pyridine rings is 2. The third-order valence-corrected chi connectivity index (χ3v) is 5.05. The maximum atomic E-state index is 11.2. The first-order valence-corrected chi connectivity index (χ1v) is 10.1. The van der Waals surface area contributed by atoms with Gasteiger partial charge in [0.25, 0.3) is 5.69 Å². The fourth-order valence-corrected chi connectivity index (χ4v) is 3.42. The molecule has 3 aromatic rings. The normalized spacial score (nSPS) is 11.0. The Morgan fingerprint density at radius 2 is 1.73 bits per heavy atom. The van der Waals surface area contributed by atoms with Gasteiger partial charge in [-0.25, -0.2) is 0 Å². The molecule has 7 heteroatoms. The standard InChI is InChI=1S/C23H27N5O2/c1-18-7-5-12-25-22(18)16-27(14-3-2-11-24)17-23-21(10-6-13-26-23)19-8-4-9-20(15-19)28(29)30/h4-10,12-13,15H,2-3,11,14,16-17,24H2,1H3. The van der Waals surface area contributed by atoms with Gasteiger partial charge in [-0.15, -0.1) is 0 Å². The van der Waals surface area contributed by atoms with Crippen molar-refractivity contribution in [1.29, 1.82) is 0 Å². The number of nitro groups is 1. The third kappa shape index (κ3) is 5.68. The molecule has 30 heavy (non-hydrogen) atoms. The smallest absolute Gasteiger partial charge is 0.270 e. The van der Waals surface area contributed by atoms with Crippen molar-refractivity contribution in [2.75, 3.05) is 13.1 Å². The molecule has 0 atom stereocenters. The van der Waals surface area contributed by atoms with Crippen molar-refractivity contribution in [3.8, 4) is 11.1 Å². The Labute approximate surface area is 176 Å². The molecule has 0 spiro atoms. The van der Waals surface area contributed by atoms with Gasteiger partial charge in [0.05, 0.1) is 16.3 Å². The lowest BCUT2D eigenvalue weighted by Crippen LogP contribution is -2.26. The third-order valence-electron chi connectivity index (χ3n) is 5.05.